The van der Waals surface area contributed by atoms with Gasteiger partial charge in [-0.3, -0.25) is 0 Å². The Hall–Kier alpha value is -3.72. The van der Waals surface area contributed by atoms with Gasteiger partial charge in [0.1, 0.15) is 23.0 Å². The van der Waals surface area contributed by atoms with Gasteiger partial charge in [0.15, 0.2) is 0 Å². The molecule has 0 saturated carbocycles. The highest BCUT2D eigenvalue weighted by Gasteiger charge is 2.40. The van der Waals surface area contributed by atoms with Crippen LogP contribution < -0.4 is 25.9 Å². The lowest BCUT2D eigenvalue weighted by atomic mass is 9.34. The lowest BCUT2D eigenvalue weighted by molar-refractivity contribution is 0.465. The second kappa shape index (κ2) is 6.92. The van der Waals surface area contributed by atoms with E-state index in [1.165, 1.54) is 32.5 Å². The van der Waals surface area contributed by atoms with Crippen LogP contribution >= 0.6 is 0 Å². The van der Waals surface area contributed by atoms with Crippen LogP contribution in [0.4, 0.5) is 0 Å². The first-order chi connectivity index (χ1) is 15.3. The minimum absolute atomic E-state index is 0.0999. The molecule has 2 nitrogen and oxygen atoms in total. The molecule has 0 N–H and O–H groups in total. The maximum absolute atomic E-state index is 6.35. The predicted molar refractivity (Wildman–Crippen MR) is 130 cm³/mol. The molecule has 31 heavy (non-hydrogen) atoms. The molecule has 2 heterocycles. The van der Waals surface area contributed by atoms with Crippen molar-refractivity contribution in [3.05, 3.63) is 91.0 Å². The smallest absolute Gasteiger partial charge is 0.260 e. The van der Waals surface area contributed by atoms with Crippen molar-refractivity contribution in [1.29, 1.82) is 0 Å². The molecule has 0 bridgehead atoms. The van der Waals surface area contributed by atoms with Crippen LogP contribution in [0.15, 0.2) is 91.0 Å². The van der Waals surface area contributed by atoms with Crippen molar-refractivity contribution in [2.24, 2.45) is 0 Å². The van der Waals surface area contributed by atoms with E-state index in [1.54, 1.807) is 0 Å². The fraction of sp³-hybridized carbons (Fsp3) is 0.0714. The van der Waals surface area contributed by atoms with E-state index in [0.29, 0.717) is 0 Å². The van der Waals surface area contributed by atoms with Gasteiger partial charge in [-0.05, 0) is 56.7 Å². The highest BCUT2D eigenvalue weighted by molar-refractivity contribution is 6.98. The van der Waals surface area contributed by atoms with Crippen LogP contribution in [-0.4, -0.2) is 6.71 Å². The van der Waals surface area contributed by atoms with Crippen LogP contribution in [0.1, 0.15) is 13.8 Å². The average Bonchev–Trinajstić information content (AvgIpc) is 2.83. The fourth-order valence-corrected chi connectivity index (χ4v) is 4.80. The Morgan fingerprint density at radius 2 is 0.903 bits per heavy atom. The Morgan fingerprint density at radius 3 is 1.35 bits per heavy atom. The normalized spacial score (nSPS) is 12.6. The zero-order valence-corrected chi connectivity index (χ0v) is 17.6. The summed E-state index contributed by atoms with van der Waals surface area (Å²) >= 11 is 0. The van der Waals surface area contributed by atoms with Gasteiger partial charge in [0.25, 0.3) is 6.71 Å². The molecule has 0 aromatic heterocycles. The van der Waals surface area contributed by atoms with Crippen molar-refractivity contribution < 1.29 is 9.47 Å². The van der Waals surface area contributed by atoms with Gasteiger partial charge >= 0.3 is 0 Å². The Bertz CT molecular complexity index is 1360. The largest absolute Gasteiger partial charge is 0.458 e. The monoisotopic (exact) mass is 400 g/mol. The molecule has 5 aromatic carbocycles. The van der Waals surface area contributed by atoms with Crippen LogP contribution in [0.25, 0.3) is 21.5 Å². The SMILES string of the molecule is CC.c1cc2c3c(c1)Oc1cc4ccccc4cc1B3c1cc3ccccc3cc1O2. The standard InChI is InChI=1S/C26H15BO2.C2H6/c1-3-8-18-14-24-20(12-16(18)6-1)27-21-13-17-7-2-4-9-19(17)15-25(21)29-23-11-5-10-22(28-24)26(23)27;1-2/h1-15H;1-2H3. The van der Waals surface area contributed by atoms with E-state index in [-0.39, 0.29) is 6.71 Å². The zero-order valence-electron chi connectivity index (χ0n) is 17.6. The van der Waals surface area contributed by atoms with E-state index in [1.807, 2.05) is 32.0 Å². The maximum Gasteiger partial charge on any atom is 0.260 e. The fourth-order valence-electron chi connectivity index (χ4n) is 4.80. The second-order valence-electron chi connectivity index (χ2n) is 7.78. The third-order valence-electron chi connectivity index (χ3n) is 6.13. The molecular formula is C28H21BO2. The summed E-state index contributed by atoms with van der Waals surface area (Å²) in [5.41, 5.74) is 3.52. The lowest BCUT2D eigenvalue weighted by Crippen LogP contribution is -2.57. The topological polar surface area (TPSA) is 18.5 Å². The van der Waals surface area contributed by atoms with Crippen molar-refractivity contribution in [3.8, 4) is 23.0 Å². The number of ether oxygens (including phenoxy) is 2. The second-order valence-corrected chi connectivity index (χ2v) is 7.78. The molecule has 0 fully saturated rings. The third kappa shape index (κ3) is 2.66. The van der Waals surface area contributed by atoms with Gasteiger partial charge in [0.2, 0.25) is 0 Å². The molecule has 5 aromatic rings. The molecule has 0 aliphatic carbocycles. The van der Waals surface area contributed by atoms with Crippen molar-refractivity contribution in [2.75, 3.05) is 0 Å². The molecule has 148 valence electrons. The number of rotatable bonds is 0. The Morgan fingerprint density at radius 1 is 0.484 bits per heavy atom. The summed E-state index contributed by atoms with van der Waals surface area (Å²) in [6.07, 6.45) is 0. The van der Waals surface area contributed by atoms with Gasteiger partial charge in [-0.1, -0.05) is 80.6 Å². The van der Waals surface area contributed by atoms with E-state index in [4.69, 9.17) is 9.47 Å². The van der Waals surface area contributed by atoms with Gasteiger partial charge in [0.05, 0.1) is 0 Å². The van der Waals surface area contributed by atoms with E-state index in [9.17, 15) is 0 Å². The van der Waals surface area contributed by atoms with Gasteiger partial charge in [-0.15, -0.1) is 0 Å². The molecule has 0 amide bonds. The number of hydrogen-bond donors (Lipinski definition) is 0. The van der Waals surface area contributed by atoms with Gasteiger partial charge in [-0.25, -0.2) is 0 Å². The first-order valence-corrected chi connectivity index (χ1v) is 10.9. The minimum atomic E-state index is 0.0999. The summed E-state index contributed by atoms with van der Waals surface area (Å²) in [5, 5.41) is 4.84. The van der Waals surface area contributed by atoms with Gasteiger partial charge < -0.3 is 9.47 Å². The van der Waals surface area contributed by atoms with Gasteiger partial charge in [-0.2, -0.15) is 0 Å². The van der Waals surface area contributed by atoms with Crippen LogP contribution in [-0.2, 0) is 0 Å². The molecule has 2 aliphatic rings. The molecular weight excluding hydrogens is 379 g/mol. The molecule has 7 rings (SSSR count). The molecule has 2 aliphatic heterocycles. The number of hydrogen-bond acceptors (Lipinski definition) is 2. The molecule has 0 saturated heterocycles. The minimum Gasteiger partial charge on any atom is -0.458 e. The summed E-state index contributed by atoms with van der Waals surface area (Å²) < 4.78 is 12.7. The lowest BCUT2D eigenvalue weighted by Gasteiger charge is -2.33. The Kier molecular flexibility index (Phi) is 4.04. The Balaban J connectivity index is 0.000000902. The average molecular weight is 400 g/mol. The molecule has 0 spiro atoms. The summed E-state index contributed by atoms with van der Waals surface area (Å²) in [6, 6.07) is 31.9. The van der Waals surface area contributed by atoms with Crippen LogP contribution in [0.3, 0.4) is 0 Å². The predicted octanol–water partition coefficient (Wildman–Crippen LogP) is 5.75. The van der Waals surface area contributed by atoms with E-state index >= 15 is 0 Å². The van der Waals surface area contributed by atoms with Crippen molar-refractivity contribution in [1.82, 2.24) is 0 Å². The summed E-state index contributed by atoms with van der Waals surface area (Å²) in [6.45, 7) is 4.10. The third-order valence-corrected chi connectivity index (χ3v) is 6.13. The van der Waals surface area contributed by atoms with Crippen LogP contribution in [0.2, 0.25) is 0 Å². The number of benzene rings is 5. The van der Waals surface area contributed by atoms with E-state index < -0.39 is 0 Å². The highest BCUT2D eigenvalue weighted by atomic mass is 16.5. The van der Waals surface area contributed by atoms with Crippen molar-refractivity contribution >= 4 is 44.6 Å². The summed E-state index contributed by atoms with van der Waals surface area (Å²) in [4.78, 5) is 0. The van der Waals surface area contributed by atoms with E-state index in [2.05, 4.69) is 72.8 Å². The van der Waals surface area contributed by atoms with Gasteiger partial charge in [0, 0.05) is 5.46 Å². The first-order valence-electron chi connectivity index (χ1n) is 10.9. The Labute approximate surface area is 182 Å². The maximum atomic E-state index is 6.35. The molecule has 0 atom stereocenters. The van der Waals surface area contributed by atoms with Crippen molar-refractivity contribution in [3.63, 3.8) is 0 Å². The molecule has 0 radical (unpaired) electrons. The number of fused-ring (bicyclic) bond motifs is 6. The van der Waals surface area contributed by atoms with E-state index in [0.717, 1.165) is 28.5 Å². The summed E-state index contributed by atoms with van der Waals surface area (Å²) in [7, 11) is 0. The van der Waals surface area contributed by atoms with Crippen LogP contribution in [0.5, 0.6) is 23.0 Å². The highest BCUT2D eigenvalue weighted by Crippen LogP contribution is 2.36. The summed E-state index contributed by atoms with van der Waals surface area (Å²) in [5.74, 6) is 3.63. The molecule has 3 heteroatoms. The quantitative estimate of drug-likeness (QED) is 0.302. The zero-order chi connectivity index (χ0) is 20.9. The van der Waals surface area contributed by atoms with Crippen LogP contribution in [0, 0.1) is 0 Å². The van der Waals surface area contributed by atoms with Crippen molar-refractivity contribution in [2.45, 2.75) is 13.8 Å². The first kappa shape index (κ1) is 18.1. The molecule has 0 unspecified atom stereocenters.